The van der Waals surface area contributed by atoms with Crippen LogP contribution >= 0.6 is 0 Å². The van der Waals surface area contributed by atoms with Crippen LogP contribution in [0.15, 0.2) is 51.7 Å². The standard InChI is InChI=1S/C19H17NO6/c1-23-15-8-11(9-16(24-2)18(15)25-3)19(22)20-13-10-17(21)26-14-7-5-4-6-12(13)14/h4-10H,1-3H3,(H,20,22). The molecule has 0 aliphatic rings. The quantitative estimate of drug-likeness (QED) is 0.708. The minimum absolute atomic E-state index is 0.289. The molecule has 0 saturated heterocycles. The maximum atomic E-state index is 12.7. The molecule has 7 nitrogen and oxygen atoms in total. The second kappa shape index (κ2) is 7.18. The number of benzene rings is 2. The summed E-state index contributed by atoms with van der Waals surface area (Å²) >= 11 is 0. The number of carbonyl (C=O) groups excluding carboxylic acids is 1. The van der Waals surface area contributed by atoms with Crippen molar-refractivity contribution in [2.75, 3.05) is 26.6 Å². The first-order valence-electron chi connectivity index (χ1n) is 7.71. The van der Waals surface area contributed by atoms with Crippen molar-refractivity contribution in [3.63, 3.8) is 0 Å². The number of carbonyl (C=O) groups is 1. The number of amides is 1. The summed E-state index contributed by atoms with van der Waals surface area (Å²) in [6.07, 6.45) is 0. The summed E-state index contributed by atoms with van der Waals surface area (Å²) in [5.74, 6) is 0.668. The van der Waals surface area contributed by atoms with Crippen LogP contribution in [0.3, 0.4) is 0 Å². The molecule has 0 spiro atoms. The summed E-state index contributed by atoms with van der Waals surface area (Å²) in [5.41, 5.74) is 0.483. The van der Waals surface area contributed by atoms with E-state index in [1.807, 2.05) is 0 Å². The second-order valence-corrected chi connectivity index (χ2v) is 5.34. The molecule has 1 amide bonds. The van der Waals surface area contributed by atoms with Gasteiger partial charge in [-0.3, -0.25) is 4.79 Å². The Bertz CT molecular complexity index is 999. The highest BCUT2D eigenvalue weighted by atomic mass is 16.5. The van der Waals surface area contributed by atoms with E-state index in [1.165, 1.54) is 39.5 Å². The highest BCUT2D eigenvalue weighted by molar-refractivity contribution is 6.08. The Hall–Kier alpha value is -3.48. The minimum atomic E-state index is -0.552. The molecule has 3 rings (SSSR count). The lowest BCUT2D eigenvalue weighted by Crippen LogP contribution is -2.14. The van der Waals surface area contributed by atoms with E-state index in [-0.39, 0.29) is 5.56 Å². The molecule has 1 aromatic heterocycles. The zero-order valence-corrected chi connectivity index (χ0v) is 14.5. The van der Waals surface area contributed by atoms with Crippen LogP contribution in [0.25, 0.3) is 11.0 Å². The van der Waals surface area contributed by atoms with E-state index in [1.54, 1.807) is 24.3 Å². The molecule has 3 aromatic rings. The molecule has 0 saturated carbocycles. The molecular formula is C19H17NO6. The van der Waals surface area contributed by atoms with Crippen LogP contribution in [-0.2, 0) is 0 Å². The second-order valence-electron chi connectivity index (χ2n) is 5.34. The van der Waals surface area contributed by atoms with Crippen LogP contribution in [0.5, 0.6) is 17.2 Å². The molecule has 134 valence electrons. The molecule has 2 aromatic carbocycles. The van der Waals surface area contributed by atoms with Gasteiger partial charge >= 0.3 is 5.63 Å². The van der Waals surface area contributed by atoms with Crippen LogP contribution < -0.4 is 25.2 Å². The van der Waals surface area contributed by atoms with Gasteiger partial charge in [-0.1, -0.05) is 12.1 Å². The Morgan fingerprint density at radius 2 is 1.62 bits per heavy atom. The predicted molar refractivity (Wildman–Crippen MR) is 96.5 cm³/mol. The average Bonchev–Trinajstić information content (AvgIpc) is 2.66. The molecule has 1 heterocycles. The molecule has 0 bridgehead atoms. The maximum absolute atomic E-state index is 12.7. The third-order valence-corrected chi connectivity index (χ3v) is 3.83. The number of hydrogen-bond donors (Lipinski definition) is 1. The van der Waals surface area contributed by atoms with Gasteiger partial charge in [-0.15, -0.1) is 0 Å². The smallest absolute Gasteiger partial charge is 0.338 e. The van der Waals surface area contributed by atoms with Gasteiger partial charge in [-0.25, -0.2) is 4.79 Å². The van der Waals surface area contributed by atoms with Crippen LogP contribution in [0.1, 0.15) is 10.4 Å². The van der Waals surface area contributed by atoms with Crippen molar-refractivity contribution in [2.45, 2.75) is 0 Å². The van der Waals surface area contributed by atoms with Crippen molar-refractivity contribution in [1.29, 1.82) is 0 Å². The topological polar surface area (TPSA) is 87.0 Å². The molecule has 26 heavy (non-hydrogen) atoms. The normalized spacial score (nSPS) is 10.4. The Morgan fingerprint density at radius 3 is 2.23 bits per heavy atom. The Kier molecular flexibility index (Phi) is 4.79. The van der Waals surface area contributed by atoms with E-state index >= 15 is 0 Å². The van der Waals surface area contributed by atoms with Gasteiger partial charge in [0, 0.05) is 17.0 Å². The van der Waals surface area contributed by atoms with Crippen molar-refractivity contribution in [2.24, 2.45) is 0 Å². The zero-order valence-electron chi connectivity index (χ0n) is 14.5. The molecule has 0 radical (unpaired) electrons. The van der Waals surface area contributed by atoms with Gasteiger partial charge in [0.1, 0.15) is 5.58 Å². The predicted octanol–water partition coefficient (Wildman–Crippen LogP) is 3.07. The van der Waals surface area contributed by atoms with E-state index < -0.39 is 11.5 Å². The largest absolute Gasteiger partial charge is 0.493 e. The van der Waals surface area contributed by atoms with Gasteiger partial charge in [0.15, 0.2) is 11.5 Å². The summed E-state index contributed by atoms with van der Waals surface area (Å²) in [4.78, 5) is 24.4. The lowest BCUT2D eigenvalue weighted by atomic mass is 10.1. The zero-order chi connectivity index (χ0) is 18.7. The van der Waals surface area contributed by atoms with Gasteiger partial charge in [0.25, 0.3) is 5.91 Å². The van der Waals surface area contributed by atoms with Crippen molar-refractivity contribution < 1.29 is 23.4 Å². The number of fused-ring (bicyclic) bond motifs is 1. The molecule has 0 atom stereocenters. The number of para-hydroxylation sites is 1. The summed E-state index contributed by atoms with van der Waals surface area (Å²) in [5, 5.41) is 3.35. The SMILES string of the molecule is COc1cc(C(=O)Nc2cc(=O)oc3ccccc23)cc(OC)c1OC. The molecule has 0 aliphatic carbocycles. The molecule has 1 N–H and O–H groups in total. The maximum Gasteiger partial charge on any atom is 0.338 e. The lowest BCUT2D eigenvalue weighted by Gasteiger charge is -2.14. The lowest BCUT2D eigenvalue weighted by molar-refractivity contribution is 0.102. The van der Waals surface area contributed by atoms with Gasteiger partial charge in [-0.2, -0.15) is 0 Å². The first kappa shape index (κ1) is 17.3. The van der Waals surface area contributed by atoms with E-state index in [9.17, 15) is 9.59 Å². The fourth-order valence-electron chi connectivity index (χ4n) is 2.62. The van der Waals surface area contributed by atoms with E-state index in [0.717, 1.165) is 0 Å². The van der Waals surface area contributed by atoms with Gasteiger partial charge in [0.05, 0.1) is 27.0 Å². The Morgan fingerprint density at radius 1 is 0.962 bits per heavy atom. The van der Waals surface area contributed by atoms with Crippen LogP contribution in [0.2, 0.25) is 0 Å². The highest BCUT2D eigenvalue weighted by Crippen LogP contribution is 2.38. The third-order valence-electron chi connectivity index (χ3n) is 3.83. The number of rotatable bonds is 5. The number of anilines is 1. The molecule has 7 heteroatoms. The van der Waals surface area contributed by atoms with Gasteiger partial charge < -0.3 is 23.9 Å². The van der Waals surface area contributed by atoms with Crippen molar-refractivity contribution >= 4 is 22.6 Å². The van der Waals surface area contributed by atoms with Crippen LogP contribution in [-0.4, -0.2) is 27.2 Å². The van der Waals surface area contributed by atoms with E-state index in [4.69, 9.17) is 18.6 Å². The van der Waals surface area contributed by atoms with E-state index in [0.29, 0.717) is 33.9 Å². The van der Waals surface area contributed by atoms with Gasteiger partial charge in [0.2, 0.25) is 5.75 Å². The van der Waals surface area contributed by atoms with Gasteiger partial charge in [-0.05, 0) is 24.3 Å². The van der Waals surface area contributed by atoms with Crippen molar-refractivity contribution in [1.82, 2.24) is 0 Å². The Labute approximate surface area is 149 Å². The molecular weight excluding hydrogens is 338 g/mol. The fourth-order valence-corrected chi connectivity index (χ4v) is 2.62. The van der Waals surface area contributed by atoms with Crippen LogP contribution in [0, 0.1) is 0 Å². The fraction of sp³-hybridized carbons (Fsp3) is 0.158. The number of ether oxygens (including phenoxy) is 3. The average molecular weight is 355 g/mol. The monoisotopic (exact) mass is 355 g/mol. The summed E-state index contributed by atoms with van der Waals surface area (Å²) in [7, 11) is 4.42. The third kappa shape index (κ3) is 3.19. The summed E-state index contributed by atoms with van der Waals surface area (Å²) in [6.45, 7) is 0. The highest BCUT2D eigenvalue weighted by Gasteiger charge is 2.18. The summed E-state index contributed by atoms with van der Waals surface area (Å²) in [6, 6.07) is 11.2. The molecule has 0 unspecified atom stereocenters. The number of nitrogens with one attached hydrogen (secondary N) is 1. The molecule has 0 fully saturated rings. The summed E-state index contributed by atoms with van der Waals surface area (Å²) < 4.78 is 20.9. The van der Waals surface area contributed by atoms with Crippen LogP contribution in [0.4, 0.5) is 5.69 Å². The number of methoxy groups -OCH3 is 3. The van der Waals surface area contributed by atoms with Crippen molar-refractivity contribution in [3.05, 3.63) is 58.4 Å². The number of hydrogen-bond acceptors (Lipinski definition) is 6. The minimum Gasteiger partial charge on any atom is -0.493 e. The first-order valence-corrected chi connectivity index (χ1v) is 7.71. The Balaban J connectivity index is 2.03. The van der Waals surface area contributed by atoms with Crippen molar-refractivity contribution in [3.8, 4) is 17.2 Å². The van der Waals surface area contributed by atoms with E-state index in [2.05, 4.69) is 5.32 Å². The molecule has 0 aliphatic heterocycles. The first-order chi connectivity index (χ1) is 12.6.